The summed E-state index contributed by atoms with van der Waals surface area (Å²) in [6, 6.07) is 6.48. The lowest BCUT2D eigenvalue weighted by Crippen LogP contribution is -2.30. The number of esters is 1. The second kappa shape index (κ2) is 5.65. The highest BCUT2D eigenvalue weighted by Gasteiger charge is 2.36. The van der Waals surface area contributed by atoms with Crippen LogP contribution in [0.1, 0.15) is 37.0 Å². The van der Waals surface area contributed by atoms with Gasteiger partial charge in [-0.2, -0.15) is 0 Å². The molecular weight excluding hydrogens is 302 g/mol. The molecule has 3 rings (SSSR count). The Morgan fingerprint density at radius 2 is 1.78 bits per heavy atom. The van der Waals surface area contributed by atoms with Gasteiger partial charge in [0, 0.05) is 7.05 Å². The predicted molar refractivity (Wildman–Crippen MR) is 76.3 cm³/mol. The number of ether oxygens (including phenoxy) is 1. The molecule has 0 unspecified atom stereocenters. The second-order valence-electron chi connectivity index (χ2n) is 4.83. The average molecular weight is 315 g/mol. The number of rotatable bonds is 4. The van der Waals surface area contributed by atoms with Crippen LogP contribution in [-0.2, 0) is 23.2 Å². The van der Waals surface area contributed by atoms with Gasteiger partial charge in [0.05, 0.1) is 24.4 Å². The van der Waals surface area contributed by atoms with Crippen molar-refractivity contribution in [1.29, 1.82) is 0 Å². The van der Waals surface area contributed by atoms with Crippen molar-refractivity contribution in [1.82, 2.24) is 14.6 Å². The summed E-state index contributed by atoms with van der Waals surface area (Å²) in [6.07, 6.45) is 1.34. The number of hydrogen-bond donors (Lipinski definition) is 0. The molecule has 0 bridgehead atoms. The number of aromatic nitrogens is 2. The number of carbonyl (C=O) groups excluding carboxylic acids is 3. The molecule has 0 aliphatic carbocycles. The highest BCUT2D eigenvalue weighted by Crippen LogP contribution is 2.23. The van der Waals surface area contributed by atoms with E-state index in [2.05, 4.69) is 9.72 Å². The smallest absolute Gasteiger partial charge is 0.356 e. The topological polar surface area (TPSA) is 90.7 Å². The molecule has 8 nitrogen and oxygen atoms in total. The van der Waals surface area contributed by atoms with Crippen LogP contribution in [0, 0.1) is 0 Å². The number of methoxy groups -OCH3 is 1. The van der Waals surface area contributed by atoms with Crippen molar-refractivity contribution in [3.8, 4) is 0 Å². The van der Waals surface area contributed by atoms with Gasteiger partial charge in [0.1, 0.15) is 18.1 Å². The molecule has 2 aromatic rings. The average Bonchev–Trinajstić information content (AvgIpc) is 3.05. The van der Waals surface area contributed by atoms with E-state index in [0.717, 1.165) is 0 Å². The summed E-state index contributed by atoms with van der Waals surface area (Å²) in [7, 11) is 2.88. The minimum absolute atomic E-state index is 0.140. The Bertz CT molecular complexity index is 776. The molecule has 0 saturated carbocycles. The van der Waals surface area contributed by atoms with E-state index in [9.17, 15) is 14.4 Å². The normalized spacial score (nSPS) is 13.4. The first-order valence-corrected chi connectivity index (χ1v) is 6.74. The molecule has 1 aromatic carbocycles. The summed E-state index contributed by atoms with van der Waals surface area (Å²) in [6.45, 7) is -0.140. The third-order valence-corrected chi connectivity index (χ3v) is 3.56. The highest BCUT2D eigenvalue weighted by molar-refractivity contribution is 6.20. The van der Waals surface area contributed by atoms with E-state index in [1.807, 2.05) is 0 Å². The minimum Gasteiger partial charge on any atom is -0.464 e. The van der Waals surface area contributed by atoms with E-state index < -0.39 is 17.8 Å². The highest BCUT2D eigenvalue weighted by atomic mass is 16.7. The Balaban J connectivity index is 1.75. The standard InChI is InChI=1S/C15H13N3O5/c1-17-11(15(21)22-2)7-16-12(17)8-23-18-13(19)9-5-3-4-6-10(9)14(18)20/h3-7H,8H2,1-2H3. The van der Waals surface area contributed by atoms with Gasteiger partial charge in [0.15, 0.2) is 0 Å². The molecule has 2 amide bonds. The maximum absolute atomic E-state index is 12.2. The molecular formula is C15H13N3O5. The number of imide groups is 1. The van der Waals surface area contributed by atoms with Crippen LogP contribution in [0.4, 0.5) is 0 Å². The Morgan fingerprint density at radius 1 is 1.17 bits per heavy atom. The fourth-order valence-corrected chi connectivity index (χ4v) is 2.28. The molecule has 0 radical (unpaired) electrons. The monoisotopic (exact) mass is 315 g/mol. The molecule has 0 saturated heterocycles. The third-order valence-electron chi connectivity index (χ3n) is 3.56. The second-order valence-corrected chi connectivity index (χ2v) is 4.83. The van der Waals surface area contributed by atoms with E-state index >= 15 is 0 Å². The minimum atomic E-state index is -0.535. The molecule has 23 heavy (non-hydrogen) atoms. The number of hydrogen-bond acceptors (Lipinski definition) is 6. The van der Waals surface area contributed by atoms with Gasteiger partial charge in [-0.1, -0.05) is 12.1 Å². The Labute approximate surface area is 131 Å². The van der Waals surface area contributed by atoms with Gasteiger partial charge in [0.2, 0.25) is 0 Å². The molecule has 1 aliphatic rings. The van der Waals surface area contributed by atoms with Crippen molar-refractivity contribution >= 4 is 17.8 Å². The van der Waals surface area contributed by atoms with Gasteiger partial charge in [-0.25, -0.2) is 9.78 Å². The lowest BCUT2D eigenvalue weighted by atomic mass is 10.1. The third kappa shape index (κ3) is 2.38. The van der Waals surface area contributed by atoms with Crippen molar-refractivity contribution in [2.75, 3.05) is 7.11 Å². The van der Waals surface area contributed by atoms with Crippen molar-refractivity contribution in [2.45, 2.75) is 6.61 Å². The zero-order chi connectivity index (χ0) is 16.6. The van der Waals surface area contributed by atoms with Crippen LogP contribution in [0.25, 0.3) is 0 Å². The SMILES string of the molecule is COC(=O)c1cnc(CON2C(=O)c3ccccc3C2=O)n1C. The molecule has 0 fully saturated rings. The van der Waals surface area contributed by atoms with E-state index in [-0.39, 0.29) is 12.3 Å². The first kappa shape index (κ1) is 14.9. The summed E-state index contributed by atoms with van der Waals surface area (Å²) >= 11 is 0. The van der Waals surface area contributed by atoms with Gasteiger partial charge >= 0.3 is 5.97 Å². The van der Waals surface area contributed by atoms with Gasteiger partial charge in [-0.15, -0.1) is 5.06 Å². The first-order chi connectivity index (χ1) is 11.0. The van der Waals surface area contributed by atoms with Gasteiger partial charge in [0.25, 0.3) is 11.8 Å². The first-order valence-electron chi connectivity index (χ1n) is 6.74. The van der Waals surface area contributed by atoms with Gasteiger partial charge in [-0.05, 0) is 12.1 Å². The van der Waals surface area contributed by atoms with E-state index in [1.165, 1.54) is 17.9 Å². The summed E-state index contributed by atoms with van der Waals surface area (Å²) in [5, 5.41) is 0.706. The molecule has 8 heteroatoms. The summed E-state index contributed by atoms with van der Waals surface area (Å²) in [4.78, 5) is 45.2. The van der Waals surface area contributed by atoms with Gasteiger partial charge < -0.3 is 9.30 Å². The maximum Gasteiger partial charge on any atom is 0.356 e. The largest absolute Gasteiger partial charge is 0.464 e. The Hall–Kier alpha value is -3.00. The predicted octanol–water partition coefficient (Wildman–Crippen LogP) is 0.934. The number of fused-ring (bicyclic) bond motifs is 1. The van der Waals surface area contributed by atoms with Crippen LogP contribution >= 0.6 is 0 Å². The fraction of sp³-hybridized carbons (Fsp3) is 0.200. The lowest BCUT2D eigenvalue weighted by Gasteiger charge is -2.13. The summed E-state index contributed by atoms with van der Waals surface area (Å²) in [5.41, 5.74) is 0.841. The van der Waals surface area contributed by atoms with Crippen LogP contribution in [0.3, 0.4) is 0 Å². The quantitative estimate of drug-likeness (QED) is 0.616. The molecule has 0 atom stereocenters. The zero-order valence-corrected chi connectivity index (χ0v) is 12.5. The molecule has 118 valence electrons. The van der Waals surface area contributed by atoms with E-state index in [1.54, 1.807) is 31.3 Å². The Morgan fingerprint density at radius 3 is 2.35 bits per heavy atom. The van der Waals surface area contributed by atoms with Crippen LogP contribution in [0.5, 0.6) is 0 Å². The van der Waals surface area contributed by atoms with Crippen LogP contribution in [0.2, 0.25) is 0 Å². The molecule has 1 aromatic heterocycles. The molecule has 2 heterocycles. The van der Waals surface area contributed by atoms with Crippen LogP contribution in [0.15, 0.2) is 30.5 Å². The van der Waals surface area contributed by atoms with Crippen LogP contribution < -0.4 is 0 Å². The van der Waals surface area contributed by atoms with E-state index in [4.69, 9.17) is 4.84 Å². The summed E-state index contributed by atoms with van der Waals surface area (Å²) < 4.78 is 6.10. The molecule has 0 spiro atoms. The van der Waals surface area contributed by atoms with Crippen LogP contribution in [-0.4, -0.2) is 39.5 Å². The number of hydroxylamine groups is 2. The zero-order valence-electron chi connectivity index (χ0n) is 12.5. The van der Waals surface area contributed by atoms with Crippen molar-refractivity contribution in [3.05, 3.63) is 53.1 Å². The number of benzene rings is 1. The van der Waals surface area contributed by atoms with Gasteiger partial charge in [-0.3, -0.25) is 14.4 Å². The molecule has 0 N–H and O–H groups in total. The van der Waals surface area contributed by atoms with Crippen molar-refractivity contribution in [3.63, 3.8) is 0 Å². The number of imidazole rings is 1. The Kier molecular flexibility index (Phi) is 3.67. The fourth-order valence-electron chi connectivity index (χ4n) is 2.28. The van der Waals surface area contributed by atoms with E-state index in [0.29, 0.717) is 22.0 Å². The number of carbonyl (C=O) groups is 3. The summed E-state index contributed by atoms with van der Waals surface area (Å²) in [5.74, 6) is -1.20. The molecule has 1 aliphatic heterocycles. The number of nitrogens with zero attached hydrogens (tertiary/aromatic N) is 3. The number of amides is 2. The maximum atomic E-state index is 12.2. The lowest BCUT2D eigenvalue weighted by molar-refractivity contribution is -0.103. The van der Waals surface area contributed by atoms with Crippen molar-refractivity contribution < 1.29 is 24.0 Å². The van der Waals surface area contributed by atoms with Crippen molar-refractivity contribution in [2.24, 2.45) is 7.05 Å².